The fraction of sp³-hybridized carbons (Fsp3) is 0.375. The molecule has 1 saturated carbocycles. The quantitative estimate of drug-likeness (QED) is 0.319. The molecule has 1 fully saturated rings. The lowest BCUT2D eigenvalue weighted by atomic mass is 9.86. The number of carbonyl (C=O) groups excluding carboxylic acids is 1. The zero-order valence-electron chi connectivity index (χ0n) is 19.0. The van der Waals surface area contributed by atoms with Gasteiger partial charge in [-0.15, -0.1) is 0 Å². The standard InChI is InChI=1S/C24H27Br2FN6O/c1-33(2)22-17-5-3-4-6-20(17)30-23(32-22)29-16-9-7-14(8-10-16)13-28-24(34)31-21-18(26)11-15(25)12-19(21)27/h3-6,11-12,14,16H,7-10,13H2,1-2H3,(H2,28,31,34)(H,29,30,32). The van der Waals surface area contributed by atoms with Crippen molar-refractivity contribution in [2.75, 3.05) is 36.2 Å². The van der Waals surface area contributed by atoms with Gasteiger partial charge in [0.2, 0.25) is 5.95 Å². The number of hydrogen-bond donors (Lipinski definition) is 3. The highest BCUT2D eigenvalue weighted by atomic mass is 79.9. The molecule has 0 bridgehead atoms. The Morgan fingerprint density at radius 2 is 1.85 bits per heavy atom. The molecule has 0 aliphatic heterocycles. The largest absolute Gasteiger partial charge is 0.362 e. The molecule has 4 rings (SSSR count). The van der Waals surface area contributed by atoms with Crippen molar-refractivity contribution in [1.82, 2.24) is 15.3 Å². The van der Waals surface area contributed by atoms with Crippen molar-refractivity contribution in [2.24, 2.45) is 5.92 Å². The second-order valence-corrected chi connectivity index (χ2v) is 10.5. The fourth-order valence-corrected chi connectivity index (χ4v) is 5.49. The van der Waals surface area contributed by atoms with Crippen LogP contribution in [0.5, 0.6) is 0 Å². The molecule has 180 valence electrons. The zero-order valence-corrected chi connectivity index (χ0v) is 22.2. The Balaban J connectivity index is 1.28. The molecule has 1 aliphatic carbocycles. The second-order valence-electron chi connectivity index (χ2n) is 8.72. The summed E-state index contributed by atoms with van der Waals surface area (Å²) < 4.78 is 15.2. The van der Waals surface area contributed by atoms with Crippen molar-refractivity contribution < 1.29 is 9.18 Å². The summed E-state index contributed by atoms with van der Waals surface area (Å²) in [6.07, 6.45) is 3.88. The zero-order chi connectivity index (χ0) is 24.2. The van der Waals surface area contributed by atoms with Crippen LogP contribution in [0.3, 0.4) is 0 Å². The van der Waals surface area contributed by atoms with Gasteiger partial charge >= 0.3 is 6.03 Å². The van der Waals surface area contributed by atoms with E-state index in [1.54, 1.807) is 6.07 Å². The van der Waals surface area contributed by atoms with Crippen LogP contribution in [0.25, 0.3) is 10.9 Å². The van der Waals surface area contributed by atoms with Crippen molar-refractivity contribution in [3.8, 4) is 0 Å². The van der Waals surface area contributed by atoms with Crippen molar-refractivity contribution in [3.05, 3.63) is 51.2 Å². The van der Waals surface area contributed by atoms with Crippen LogP contribution in [0.2, 0.25) is 0 Å². The number of para-hydroxylation sites is 1. The second kappa shape index (κ2) is 10.9. The summed E-state index contributed by atoms with van der Waals surface area (Å²) in [7, 11) is 3.97. The maximum absolute atomic E-state index is 14.1. The number of nitrogens with zero attached hydrogens (tertiary/aromatic N) is 3. The molecular formula is C24H27Br2FN6O. The van der Waals surface area contributed by atoms with E-state index in [-0.39, 0.29) is 11.7 Å². The maximum Gasteiger partial charge on any atom is 0.319 e. The molecule has 0 spiro atoms. The van der Waals surface area contributed by atoms with E-state index in [1.807, 2.05) is 43.3 Å². The lowest BCUT2D eigenvalue weighted by Crippen LogP contribution is -2.36. The number of carbonyl (C=O) groups is 1. The summed E-state index contributed by atoms with van der Waals surface area (Å²) in [5.74, 6) is 1.41. The summed E-state index contributed by atoms with van der Waals surface area (Å²) in [6, 6.07) is 10.9. The first kappa shape index (κ1) is 24.7. The number of amides is 2. The van der Waals surface area contributed by atoms with Crippen LogP contribution < -0.4 is 20.9 Å². The Morgan fingerprint density at radius 3 is 2.56 bits per heavy atom. The minimum absolute atomic E-state index is 0.126. The monoisotopic (exact) mass is 592 g/mol. The third-order valence-electron chi connectivity index (χ3n) is 5.98. The minimum Gasteiger partial charge on any atom is -0.362 e. The predicted octanol–water partition coefficient (Wildman–Crippen LogP) is 6.15. The van der Waals surface area contributed by atoms with Gasteiger partial charge in [-0.3, -0.25) is 0 Å². The van der Waals surface area contributed by atoms with Gasteiger partial charge in [0, 0.05) is 41.0 Å². The van der Waals surface area contributed by atoms with Crippen LogP contribution in [0.1, 0.15) is 25.7 Å². The van der Waals surface area contributed by atoms with Crippen molar-refractivity contribution in [2.45, 2.75) is 31.7 Å². The summed E-state index contributed by atoms with van der Waals surface area (Å²) in [4.78, 5) is 23.7. The summed E-state index contributed by atoms with van der Waals surface area (Å²) >= 11 is 6.51. The minimum atomic E-state index is -0.503. The molecule has 7 nitrogen and oxygen atoms in total. The van der Waals surface area contributed by atoms with E-state index < -0.39 is 11.8 Å². The summed E-state index contributed by atoms with van der Waals surface area (Å²) in [6.45, 7) is 0.547. The number of anilines is 3. The Bertz CT molecular complexity index is 1160. The Hall–Kier alpha value is -2.46. The molecule has 1 aliphatic rings. The Labute approximate surface area is 215 Å². The van der Waals surface area contributed by atoms with Crippen molar-refractivity contribution in [3.63, 3.8) is 0 Å². The normalized spacial score (nSPS) is 17.9. The van der Waals surface area contributed by atoms with Gasteiger partial charge < -0.3 is 20.9 Å². The van der Waals surface area contributed by atoms with E-state index in [0.29, 0.717) is 27.4 Å². The molecule has 0 saturated heterocycles. The van der Waals surface area contributed by atoms with E-state index in [0.717, 1.165) is 42.4 Å². The molecule has 2 aromatic carbocycles. The van der Waals surface area contributed by atoms with Crippen LogP contribution in [0.15, 0.2) is 45.3 Å². The average Bonchev–Trinajstić information content (AvgIpc) is 2.80. The van der Waals surface area contributed by atoms with E-state index in [4.69, 9.17) is 9.97 Å². The lowest BCUT2D eigenvalue weighted by molar-refractivity contribution is 0.246. The molecular weight excluding hydrogens is 567 g/mol. The van der Waals surface area contributed by atoms with Gasteiger partial charge in [0.15, 0.2) is 0 Å². The average molecular weight is 594 g/mol. The summed E-state index contributed by atoms with van der Waals surface area (Å²) in [5, 5.41) is 10.00. The number of rotatable bonds is 6. The molecule has 34 heavy (non-hydrogen) atoms. The highest BCUT2D eigenvalue weighted by molar-refractivity contribution is 9.11. The number of aromatic nitrogens is 2. The number of urea groups is 1. The molecule has 0 unspecified atom stereocenters. The molecule has 0 atom stereocenters. The van der Waals surface area contributed by atoms with Gasteiger partial charge in [-0.05, 0) is 71.8 Å². The van der Waals surface area contributed by atoms with E-state index in [2.05, 4.69) is 47.8 Å². The van der Waals surface area contributed by atoms with Gasteiger partial charge in [-0.25, -0.2) is 14.2 Å². The van der Waals surface area contributed by atoms with Crippen LogP contribution in [0, 0.1) is 11.7 Å². The third-order valence-corrected chi connectivity index (χ3v) is 7.07. The van der Waals surface area contributed by atoms with Crippen molar-refractivity contribution >= 4 is 66.2 Å². The predicted molar refractivity (Wildman–Crippen MR) is 142 cm³/mol. The SMILES string of the molecule is CN(C)c1nc(NC2CCC(CNC(=O)Nc3c(F)cc(Br)cc3Br)CC2)nc2ccccc12. The van der Waals surface area contributed by atoms with Crippen LogP contribution in [-0.4, -0.2) is 42.7 Å². The molecule has 10 heteroatoms. The van der Waals surface area contributed by atoms with Gasteiger partial charge in [0.25, 0.3) is 0 Å². The number of fused-ring (bicyclic) bond motifs is 1. The Kier molecular flexibility index (Phi) is 7.88. The van der Waals surface area contributed by atoms with E-state index >= 15 is 0 Å². The topological polar surface area (TPSA) is 82.2 Å². The van der Waals surface area contributed by atoms with Gasteiger partial charge in [0.05, 0.1) is 11.2 Å². The number of nitrogens with one attached hydrogen (secondary N) is 3. The first-order valence-electron chi connectivity index (χ1n) is 11.2. The first-order valence-corrected chi connectivity index (χ1v) is 12.8. The number of halogens is 3. The molecule has 1 aromatic heterocycles. The Morgan fingerprint density at radius 1 is 1.12 bits per heavy atom. The molecule has 2 amide bonds. The van der Waals surface area contributed by atoms with Crippen LogP contribution in [-0.2, 0) is 0 Å². The van der Waals surface area contributed by atoms with Gasteiger partial charge in [-0.2, -0.15) is 4.98 Å². The molecule has 0 radical (unpaired) electrons. The highest BCUT2D eigenvalue weighted by Gasteiger charge is 2.23. The van der Waals surface area contributed by atoms with Crippen LogP contribution in [0.4, 0.5) is 26.6 Å². The third kappa shape index (κ3) is 5.96. The first-order chi connectivity index (χ1) is 16.3. The van der Waals surface area contributed by atoms with Gasteiger partial charge in [-0.1, -0.05) is 28.1 Å². The number of hydrogen-bond acceptors (Lipinski definition) is 5. The molecule has 1 heterocycles. The smallest absolute Gasteiger partial charge is 0.319 e. The maximum atomic E-state index is 14.1. The molecule has 3 aromatic rings. The van der Waals surface area contributed by atoms with E-state index in [1.165, 1.54) is 6.07 Å². The molecule has 3 N–H and O–H groups in total. The van der Waals surface area contributed by atoms with Crippen LogP contribution >= 0.6 is 31.9 Å². The fourth-order valence-electron chi connectivity index (χ4n) is 4.22. The highest BCUT2D eigenvalue weighted by Crippen LogP contribution is 2.30. The summed E-state index contributed by atoms with van der Waals surface area (Å²) in [5.41, 5.74) is 1.04. The van der Waals surface area contributed by atoms with E-state index in [9.17, 15) is 9.18 Å². The van der Waals surface area contributed by atoms with Gasteiger partial charge in [0.1, 0.15) is 11.6 Å². The number of benzene rings is 2. The lowest BCUT2D eigenvalue weighted by Gasteiger charge is -2.29. The van der Waals surface area contributed by atoms with Crippen molar-refractivity contribution in [1.29, 1.82) is 0 Å².